The van der Waals surface area contributed by atoms with Gasteiger partial charge in [0.05, 0.1) is 23.4 Å². The van der Waals surface area contributed by atoms with Crippen molar-refractivity contribution in [2.45, 2.75) is 11.8 Å². The highest BCUT2D eigenvalue weighted by Gasteiger charge is 2.27. The van der Waals surface area contributed by atoms with Crippen LogP contribution >= 0.6 is 0 Å². The minimum atomic E-state index is -4.02. The molecule has 0 radical (unpaired) electrons. The van der Waals surface area contributed by atoms with Gasteiger partial charge >= 0.3 is 0 Å². The van der Waals surface area contributed by atoms with Gasteiger partial charge in [0.15, 0.2) is 11.5 Å². The number of nitrogens with one attached hydrogen (secondary N) is 1. The van der Waals surface area contributed by atoms with Crippen LogP contribution in [-0.2, 0) is 14.8 Å². The number of methoxy groups -OCH3 is 1. The van der Waals surface area contributed by atoms with Crippen LogP contribution in [0.5, 0.6) is 17.2 Å². The van der Waals surface area contributed by atoms with Gasteiger partial charge in [-0.05, 0) is 61.5 Å². The van der Waals surface area contributed by atoms with Crippen molar-refractivity contribution < 1.29 is 27.4 Å². The highest BCUT2D eigenvalue weighted by atomic mass is 32.2. The van der Waals surface area contributed by atoms with Gasteiger partial charge in [0, 0.05) is 5.56 Å². The zero-order valence-electron chi connectivity index (χ0n) is 19.3. The van der Waals surface area contributed by atoms with Crippen LogP contribution < -0.4 is 23.9 Å². The molecule has 1 amide bonds. The Bertz CT molecular complexity index is 1330. The molecule has 4 rings (SSSR count). The average molecular weight is 496 g/mol. The van der Waals surface area contributed by atoms with Crippen LogP contribution in [0.15, 0.2) is 82.8 Å². The maximum Gasteiger partial charge on any atom is 0.264 e. The first-order valence-corrected chi connectivity index (χ1v) is 12.3. The smallest absolute Gasteiger partial charge is 0.264 e. The zero-order valence-corrected chi connectivity index (χ0v) is 20.1. The van der Waals surface area contributed by atoms with E-state index in [2.05, 4.69) is 10.5 Å². The van der Waals surface area contributed by atoms with Crippen molar-refractivity contribution >= 4 is 27.3 Å². The SMILES string of the molecule is COc1ccc(N(CC(=O)N/N=C(/C)c2ccc3c(c2)OCCO3)S(=O)(=O)c2ccccc2)cc1. The number of rotatable bonds is 8. The first-order valence-electron chi connectivity index (χ1n) is 10.8. The molecule has 10 heteroatoms. The van der Waals surface area contributed by atoms with Crippen LogP contribution in [0.4, 0.5) is 5.69 Å². The summed E-state index contributed by atoms with van der Waals surface area (Å²) in [5.74, 6) is 1.22. The van der Waals surface area contributed by atoms with E-state index in [0.717, 1.165) is 9.87 Å². The van der Waals surface area contributed by atoms with Crippen LogP contribution in [-0.4, -0.2) is 46.9 Å². The van der Waals surface area contributed by atoms with E-state index in [0.29, 0.717) is 41.9 Å². The quantitative estimate of drug-likeness (QED) is 0.380. The van der Waals surface area contributed by atoms with E-state index in [4.69, 9.17) is 14.2 Å². The van der Waals surface area contributed by atoms with Crippen LogP contribution in [0.25, 0.3) is 0 Å². The number of benzene rings is 3. The molecule has 0 aromatic heterocycles. The van der Waals surface area contributed by atoms with Crippen molar-refractivity contribution in [2.24, 2.45) is 5.10 Å². The summed E-state index contributed by atoms with van der Waals surface area (Å²) in [5.41, 5.74) is 4.03. The number of sulfonamides is 1. The second-order valence-corrected chi connectivity index (χ2v) is 9.48. The lowest BCUT2D eigenvalue weighted by molar-refractivity contribution is -0.119. The van der Waals surface area contributed by atoms with Crippen molar-refractivity contribution in [3.05, 3.63) is 78.4 Å². The Morgan fingerprint density at radius 3 is 2.37 bits per heavy atom. The van der Waals surface area contributed by atoms with Crippen LogP contribution in [0.1, 0.15) is 12.5 Å². The maximum atomic E-state index is 13.4. The number of anilines is 1. The zero-order chi connectivity index (χ0) is 24.8. The highest BCUT2D eigenvalue weighted by Crippen LogP contribution is 2.31. The lowest BCUT2D eigenvalue weighted by atomic mass is 10.1. The highest BCUT2D eigenvalue weighted by molar-refractivity contribution is 7.92. The molecule has 0 saturated heterocycles. The number of hydrogen-bond donors (Lipinski definition) is 1. The predicted octanol–water partition coefficient (Wildman–Crippen LogP) is 3.20. The minimum absolute atomic E-state index is 0.0691. The second kappa shape index (κ2) is 10.5. The molecule has 35 heavy (non-hydrogen) atoms. The Morgan fingerprint density at radius 1 is 1.00 bits per heavy atom. The molecule has 0 atom stereocenters. The van der Waals surface area contributed by atoms with Crippen molar-refractivity contribution in [2.75, 3.05) is 31.2 Å². The number of hydrogen-bond acceptors (Lipinski definition) is 7. The molecule has 1 heterocycles. The third-order valence-corrected chi connectivity index (χ3v) is 7.08. The molecule has 0 unspecified atom stereocenters. The average Bonchev–Trinajstić information content (AvgIpc) is 2.90. The van der Waals surface area contributed by atoms with Crippen LogP contribution in [0.2, 0.25) is 0 Å². The minimum Gasteiger partial charge on any atom is -0.497 e. The lowest BCUT2D eigenvalue weighted by Crippen LogP contribution is -2.39. The van der Waals surface area contributed by atoms with Crippen LogP contribution in [0, 0.1) is 0 Å². The molecule has 0 fully saturated rings. The fourth-order valence-electron chi connectivity index (χ4n) is 3.43. The van der Waals surface area contributed by atoms with Crippen LogP contribution in [0.3, 0.4) is 0 Å². The Morgan fingerprint density at radius 2 is 1.69 bits per heavy atom. The van der Waals surface area contributed by atoms with E-state index in [1.54, 1.807) is 61.5 Å². The van der Waals surface area contributed by atoms with E-state index in [1.165, 1.54) is 19.2 Å². The summed E-state index contributed by atoms with van der Waals surface area (Å²) in [5, 5.41) is 4.15. The van der Waals surface area contributed by atoms with E-state index >= 15 is 0 Å². The van der Waals surface area contributed by atoms with Gasteiger partial charge < -0.3 is 14.2 Å². The molecule has 182 valence electrons. The topological polar surface area (TPSA) is 107 Å². The van der Waals surface area contributed by atoms with Gasteiger partial charge in [-0.3, -0.25) is 9.10 Å². The fraction of sp³-hybridized carbons (Fsp3) is 0.200. The summed E-state index contributed by atoms with van der Waals surface area (Å²) in [7, 11) is -2.50. The third kappa shape index (κ3) is 5.55. The first-order chi connectivity index (χ1) is 16.9. The van der Waals surface area contributed by atoms with E-state index in [-0.39, 0.29) is 4.90 Å². The maximum absolute atomic E-state index is 13.4. The molecule has 1 N–H and O–H groups in total. The standard InChI is InChI=1S/C25H25N3O6S/c1-18(19-8-13-23-24(16-19)34-15-14-33-23)26-27-25(29)17-28(20-9-11-21(32-2)12-10-20)35(30,31)22-6-4-3-5-7-22/h3-13,16H,14-15,17H2,1-2H3,(H,27,29)/b26-18-. The van der Waals surface area contributed by atoms with E-state index in [9.17, 15) is 13.2 Å². The molecule has 0 aliphatic carbocycles. The largest absolute Gasteiger partial charge is 0.497 e. The molecule has 0 saturated carbocycles. The molecule has 1 aliphatic heterocycles. The number of ether oxygens (including phenoxy) is 3. The molecule has 9 nitrogen and oxygen atoms in total. The van der Waals surface area contributed by atoms with E-state index in [1.807, 2.05) is 6.07 Å². The van der Waals surface area contributed by atoms with E-state index < -0.39 is 22.5 Å². The predicted molar refractivity (Wildman–Crippen MR) is 132 cm³/mol. The normalized spacial score (nSPS) is 13.1. The molecular formula is C25H25N3O6S. The van der Waals surface area contributed by atoms with Gasteiger partial charge in [0.25, 0.3) is 15.9 Å². The van der Waals surface area contributed by atoms with Gasteiger partial charge in [-0.2, -0.15) is 5.10 Å². The van der Waals surface area contributed by atoms with Gasteiger partial charge in [-0.25, -0.2) is 13.8 Å². The Hall–Kier alpha value is -4.05. The summed E-state index contributed by atoms with van der Waals surface area (Å²) < 4.78 is 44.0. The summed E-state index contributed by atoms with van der Waals surface area (Å²) in [6.07, 6.45) is 0. The number of nitrogens with zero attached hydrogens (tertiary/aromatic N) is 2. The number of carbonyl (C=O) groups is 1. The third-order valence-electron chi connectivity index (χ3n) is 5.29. The summed E-state index contributed by atoms with van der Waals surface area (Å²) >= 11 is 0. The molecule has 3 aromatic carbocycles. The monoisotopic (exact) mass is 495 g/mol. The van der Waals surface area contributed by atoms with Crippen molar-refractivity contribution in [3.63, 3.8) is 0 Å². The molecular weight excluding hydrogens is 470 g/mol. The molecule has 0 bridgehead atoms. The van der Waals surface area contributed by atoms with Gasteiger partial charge in [0.2, 0.25) is 0 Å². The lowest BCUT2D eigenvalue weighted by Gasteiger charge is -2.24. The number of hydrazone groups is 1. The number of amides is 1. The Balaban J connectivity index is 1.55. The Kier molecular flexibility index (Phi) is 7.21. The van der Waals surface area contributed by atoms with Crippen molar-refractivity contribution in [1.29, 1.82) is 0 Å². The number of carbonyl (C=O) groups excluding carboxylic acids is 1. The Labute approximate surface area is 204 Å². The van der Waals surface area contributed by atoms with Gasteiger partial charge in [-0.15, -0.1) is 0 Å². The summed E-state index contributed by atoms with van der Waals surface area (Å²) in [6, 6.07) is 19.7. The van der Waals surface area contributed by atoms with Crippen molar-refractivity contribution in [3.8, 4) is 17.2 Å². The second-order valence-electron chi connectivity index (χ2n) is 7.61. The summed E-state index contributed by atoms with van der Waals surface area (Å²) in [4.78, 5) is 12.9. The molecule has 1 aliphatic rings. The van der Waals surface area contributed by atoms with Crippen molar-refractivity contribution in [1.82, 2.24) is 5.43 Å². The number of fused-ring (bicyclic) bond motifs is 1. The molecule has 3 aromatic rings. The fourth-order valence-corrected chi connectivity index (χ4v) is 4.87. The van der Waals surface area contributed by atoms with Gasteiger partial charge in [-0.1, -0.05) is 18.2 Å². The molecule has 0 spiro atoms. The first kappa shape index (κ1) is 24.1. The van der Waals surface area contributed by atoms with Gasteiger partial charge in [0.1, 0.15) is 25.5 Å². The summed E-state index contributed by atoms with van der Waals surface area (Å²) in [6.45, 7) is 2.21.